The lowest BCUT2D eigenvalue weighted by Gasteiger charge is -1.88. The normalized spacial score (nSPS) is 10.5. The van der Waals surface area contributed by atoms with E-state index in [1.807, 2.05) is 12.1 Å². The number of rotatable bonds is 1. The summed E-state index contributed by atoms with van der Waals surface area (Å²) in [6.45, 7) is 0. The molecule has 0 amide bonds. The molecule has 52 valence electrons. The molecule has 3 nitrogen and oxygen atoms in total. The van der Waals surface area contributed by atoms with Crippen molar-refractivity contribution in [1.29, 1.82) is 0 Å². The van der Waals surface area contributed by atoms with Crippen LogP contribution in [0.2, 0.25) is 0 Å². The van der Waals surface area contributed by atoms with Gasteiger partial charge in [-0.25, -0.2) is 0 Å². The fourth-order valence-corrected chi connectivity index (χ4v) is 0.934. The Balaban J connectivity index is 2.67. The zero-order chi connectivity index (χ0) is 6.97. The second-order valence-electron chi connectivity index (χ2n) is 2.04. The predicted octanol–water partition coefficient (Wildman–Crippen LogP) is 1.77. The molecule has 0 bridgehead atoms. The fraction of sp³-hybridized carbons (Fsp3) is 0.143. The summed E-state index contributed by atoms with van der Waals surface area (Å²) in [5.74, 6) is 0.731. The van der Waals surface area contributed by atoms with Crippen molar-refractivity contribution in [3.8, 4) is 5.88 Å². The van der Waals surface area contributed by atoms with E-state index < -0.39 is 0 Å². The van der Waals surface area contributed by atoms with Crippen LogP contribution in [0.3, 0.4) is 0 Å². The minimum absolute atomic E-state index is 0.731. The maximum atomic E-state index is 5.09. The van der Waals surface area contributed by atoms with Crippen LogP contribution in [0.5, 0.6) is 5.88 Å². The summed E-state index contributed by atoms with van der Waals surface area (Å²) in [7, 11) is 1.62. The Hall–Kier alpha value is -1.38. The summed E-state index contributed by atoms with van der Waals surface area (Å²) >= 11 is 0. The van der Waals surface area contributed by atoms with Gasteiger partial charge in [-0.05, 0) is 0 Å². The molecule has 0 spiro atoms. The number of ether oxygens (including phenoxy) is 1. The summed E-state index contributed by atoms with van der Waals surface area (Å²) in [6.07, 6.45) is 1.64. The van der Waals surface area contributed by atoms with E-state index in [0.717, 1.165) is 17.0 Å². The van der Waals surface area contributed by atoms with E-state index in [0.29, 0.717) is 0 Å². The van der Waals surface area contributed by atoms with E-state index >= 15 is 0 Å². The predicted molar refractivity (Wildman–Crippen MR) is 37.1 cm³/mol. The van der Waals surface area contributed by atoms with Gasteiger partial charge in [-0.2, -0.15) is 0 Å². The summed E-state index contributed by atoms with van der Waals surface area (Å²) in [5, 5.41) is 0. The first-order valence-corrected chi connectivity index (χ1v) is 3.00. The van der Waals surface area contributed by atoms with E-state index in [-0.39, 0.29) is 0 Å². The number of nitrogens with one attached hydrogen (secondary N) is 1. The van der Waals surface area contributed by atoms with Crippen LogP contribution in [0.4, 0.5) is 0 Å². The van der Waals surface area contributed by atoms with Gasteiger partial charge in [0.1, 0.15) is 0 Å². The van der Waals surface area contributed by atoms with E-state index in [1.165, 1.54) is 0 Å². The number of H-pyrrole nitrogens is 1. The molecule has 0 aliphatic carbocycles. The third-order valence-electron chi connectivity index (χ3n) is 1.44. The molecular weight excluding hydrogens is 130 g/mol. The van der Waals surface area contributed by atoms with E-state index in [9.17, 15) is 0 Å². The summed E-state index contributed by atoms with van der Waals surface area (Å²) in [4.78, 5) is 3.01. The third kappa shape index (κ3) is 0.603. The number of aromatic amines is 1. The van der Waals surface area contributed by atoms with Gasteiger partial charge in [0.15, 0.2) is 11.5 Å². The molecule has 0 saturated carbocycles. The van der Waals surface area contributed by atoms with Gasteiger partial charge in [0.05, 0.1) is 18.9 Å². The van der Waals surface area contributed by atoms with Gasteiger partial charge in [-0.15, -0.1) is 0 Å². The first-order chi connectivity index (χ1) is 4.90. The standard InChI is InChI=1S/C7H7NO2/c1-9-7-4-6-5(8-7)2-3-10-6/h2-4,8H,1H3. The maximum absolute atomic E-state index is 5.09. The average molecular weight is 137 g/mol. The molecule has 0 aliphatic rings. The molecule has 0 atom stereocenters. The van der Waals surface area contributed by atoms with Gasteiger partial charge in [0.25, 0.3) is 0 Å². The van der Waals surface area contributed by atoms with Gasteiger partial charge in [-0.1, -0.05) is 0 Å². The lowest BCUT2D eigenvalue weighted by atomic mass is 10.5. The topological polar surface area (TPSA) is 38.2 Å². The molecule has 0 unspecified atom stereocenters. The molecule has 3 heteroatoms. The van der Waals surface area contributed by atoms with Crippen molar-refractivity contribution in [1.82, 2.24) is 4.98 Å². The second-order valence-corrected chi connectivity index (χ2v) is 2.04. The molecule has 1 N–H and O–H groups in total. The number of methoxy groups -OCH3 is 1. The van der Waals surface area contributed by atoms with Crippen LogP contribution >= 0.6 is 0 Å². The SMILES string of the molecule is COc1cc2occc2[nH]1. The molecule has 0 radical (unpaired) electrons. The van der Waals surface area contributed by atoms with Crippen molar-refractivity contribution >= 4 is 11.1 Å². The molecule has 0 aliphatic heterocycles. The average Bonchev–Trinajstić information content (AvgIpc) is 2.42. The van der Waals surface area contributed by atoms with Crippen LogP contribution in [0.25, 0.3) is 11.1 Å². The van der Waals surface area contributed by atoms with Crippen molar-refractivity contribution in [3.05, 3.63) is 18.4 Å². The summed E-state index contributed by atoms with van der Waals surface area (Å²) in [5.41, 5.74) is 1.80. The Morgan fingerprint density at radius 2 is 2.50 bits per heavy atom. The first kappa shape index (κ1) is 5.41. The van der Waals surface area contributed by atoms with Crippen molar-refractivity contribution in [2.24, 2.45) is 0 Å². The fourth-order valence-electron chi connectivity index (χ4n) is 0.934. The molecule has 0 aromatic carbocycles. The highest BCUT2D eigenvalue weighted by atomic mass is 16.5. The number of fused-ring (bicyclic) bond motifs is 1. The Kier molecular flexibility index (Phi) is 0.974. The Morgan fingerprint density at radius 3 is 3.20 bits per heavy atom. The number of hydrogen-bond donors (Lipinski definition) is 1. The monoisotopic (exact) mass is 137 g/mol. The highest BCUT2D eigenvalue weighted by Crippen LogP contribution is 2.20. The van der Waals surface area contributed by atoms with E-state index in [1.54, 1.807) is 13.4 Å². The zero-order valence-electron chi connectivity index (χ0n) is 5.55. The molecular formula is C7H7NO2. The largest absolute Gasteiger partial charge is 0.482 e. The lowest BCUT2D eigenvalue weighted by Crippen LogP contribution is -1.79. The van der Waals surface area contributed by atoms with Gasteiger partial charge >= 0.3 is 0 Å². The summed E-state index contributed by atoms with van der Waals surface area (Å²) < 4.78 is 10.0. The van der Waals surface area contributed by atoms with E-state index in [4.69, 9.17) is 9.15 Å². The highest BCUT2D eigenvalue weighted by molar-refractivity contribution is 5.75. The second kappa shape index (κ2) is 1.80. The minimum atomic E-state index is 0.731. The van der Waals surface area contributed by atoms with Crippen molar-refractivity contribution in [2.45, 2.75) is 0 Å². The van der Waals surface area contributed by atoms with Crippen LogP contribution in [-0.4, -0.2) is 12.1 Å². The highest BCUT2D eigenvalue weighted by Gasteiger charge is 2.00. The van der Waals surface area contributed by atoms with Crippen LogP contribution < -0.4 is 4.74 Å². The quantitative estimate of drug-likeness (QED) is 0.650. The van der Waals surface area contributed by atoms with Gasteiger partial charge in [-0.3, -0.25) is 0 Å². The number of hydrogen-bond acceptors (Lipinski definition) is 2. The van der Waals surface area contributed by atoms with Crippen molar-refractivity contribution < 1.29 is 9.15 Å². The molecule has 0 saturated heterocycles. The van der Waals surface area contributed by atoms with Crippen molar-refractivity contribution in [3.63, 3.8) is 0 Å². The number of aromatic nitrogens is 1. The molecule has 0 fully saturated rings. The maximum Gasteiger partial charge on any atom is 0.194 e. The molecule has 2 aromatic heterocycles. The van der Waals surface area contributed by atoms with Crippen LogP contribution in [0.15, 0.2) is 22.8 Å². The van der Waals surface area contributed by atoms with Crippen LogP contribution in [0, 0.1) is 0 Å². The van der Waals surface area contributed by atoms with Gasteiger partial charge < -0.3 is 14.1 Å². The summed E-state index contributed by atoms with van der Waals surface area (Å²) in [6, 6.07) is 3.67. The van der Waals surface area contributed by atoms with Crippen LogP contribution in [-0.2, 0) is 0 Å². The third-order valence-corrected chi connectivity index (χ3v) is 1.44. The Bertz CT molecular complexity index is 305. The zero-order valence-corrected chi connectivity index (χ0v) is 5.55. The number of furan rings is 1. The first-order valence-electron chi connectivity index (χ1n) is 3.00. The Labute approximate surface area is 57.6 Å². The molecule has 2 rings (SSSR count). The van der Waals surface area contributed by atoms with Crippen LogP contribution in [0.1, 0.15) is 0 Å². The van der Waals surface area contributed by atoms with Gasteiger partial charge in [0.2, 0.25) is 0 Å². The smallest absolute Gasteiger partial charge is 0.194 e. The van der Waals surface area contributed by atoms with Crippen molar-refractivity contribution in [2.75, 3.05) is 7.11 Å². The minimum Gasteiger partial charge on any atom is -0.482 e. The van der Waals surface area contributed by atoms with Gasteiger partial charge in [0, 0.05) is 12.1 Å². The molecule has 2 aromatic rings. The lowest BCUT2D eigenvalue weighted by molar-refractivity contribution is 0.401. The van der Waals surface area contributed by atoms with E-state index in [2.05, 4.69) is 4.98 Å². The molecule has 2 heterocycles. The Morgan fingerprint density at radius 1 is 1.60 bits per heavy atom. The molecule has 10 heavy (non-hydrogen) atoms.